The molecule has 1 aromatic carbocycles. The van der Waals surface area contributed by atoms with E-state index in [4.69, 9.17) is 25.8 Å². The lowest BCUT2D eigenvalue weighted by Crippen LogP contribution is -2.39. The minimum absolute atomic E-state index is 0.426. The number of hydrogen-bond donors (Lipinski definition) is 0. The zero-order valence-corrected chi connectivity index (χ0v) is 12.2. The lowest BCUT2D eigenvalue weighted by molar-refractivity contribution is -0.168. The molecule has 0 aliphatic carbocycles. The highest BCUT2D eigenvalue weighted by atomic mass is 35.5. The molecule has 0 radical (unpaired) electrons. The van der Waals surface area contributed by atoms with E-state index in [-0.39, 0.29) is 0 Å². The molecular formula is C14H19ClO4. The third-order valence-electron chi connectivity index (χ3n) is 3.08. The number of alkyl halides is 1. The summed E-state index contributed by atoms with van der Waals surface area (Å²) in [4.78, 5) is 12.1. The van der Waals surface area contributed by atoms with Gasteiger partial charge in [0.15, 0.2) is 5.60 Å². The van der Waals surface area contributed by atoms with Crippen molar-refractivity contribution in [2.75, 3.05) is 27.2 Å². The maximum Gasteiger partial charge on any atom is 0.342 e. The van der Waals surface area contributed by atoms with Crippen LogP contribution in [0.3, 0.4) is 0 Å². The molecule has 0 amide bonds. The highest BCUT2D eigenvalue weighted by Crippen LogP contribution is 2.33. The Morgan fingerprint density at radius 2 is 1.84 bits per heavy atom. The molecule has 1 atom stereocenters. The lowest BCUT2D eigenvalue weighted by atomic mass is 9.89. The minimum atomic E-state index is -1.12. The van der Waals surface area contributed by atoms with Gasteiger partial charge >= 0.3 is 5.97 Å². The van der Waals surface area contributed by atoms with Gasteiger partial charge in [-0.3, -0.25) is 0 Å². The second kappa shape index (κ2) is 7.36. The fourth-order valence-corrected chi connectivity index (χ4v) is 2.14. The third-order valence-corrected chi connectivity index (χ3v) is 3.35. The van der Waals surface area contributed by atoms with Gasteiger partial charge in [-0.1, -0.05) is 12.1 Å². The van der Waals surface area contributed by atoms with Gasteiger partial charge in [-0.2, -0.15) is 0 Å². The summed E-state index contributed by atoms with van der Waals surface area (Å²) in [6, 6.07) is 7.17. The van der Waals surface area contributed by atoms with Crippen molar-refractivity contribution in [2.24, 2.45) is 0 Å². The van der Waals surface area contributed by atoms with Crippen LogP contribution in [0.15, 0.2) is 24.3 Å². The first kappa shape index (κ1) is 15.8. The third kappa shape index (κ3) is 3.39. The lowest BCUT2D eigenvalue weighted by Gasteiger charge is -2.30. The summed E-state index contributed by atoms with van der Waals surface area (Å²) in [5.74, 6) is 0.749. The van der Waals surface area contributed by atoms with Crippen molar-refractivity contribution in [3.63, 3.8) is 0 Å². The molecule has 1 unspecified atom stereocenters. The van der Waals surface area contributed by atoms with E-state index in [0.29, 0.717) is 18.7 Å². The molecule has 0 saturated heterocycles. The molecule has 0 bridgehead atoms. The van der Waals surface area contributed by atoms with Crippen molar-refractivity contribution in [3.05, 3.63) is 29.8 Å². The topological polar surface area (TPSA) is 44.8 Å². The van der Waals surface area contributed by atoms with Crippen molar-refractivity contribution in [1.29, 1.82) is 0 Å². The summed E-state index contributed by atoms with van der Waals surface area (Å²) in [7, 11) is 4.43. The summed E-state index contributed by atoms with van der Waals surface area (Å²) in [6.07, 6.45) is 1.11. The second-order valence-electron chi connectivity index (χ2n) is 4.04. The maximum atomic E-state index is 12.1. The molecule has 0 aromatic heterocycles. The average Bonchev–Trinajstić information content (AvgIpc) is 2.48. The number of carbonyl (C=O) groups is 1. The summed E-state index contributed by atoms with van der Waals surface area (Å²) in [6.45, 7) is 0. The number of halogens is 1. The van der Waals surface area contributed by atoms with E-state index < -0.39 is 11.6 Å². The van der Waals surface area contributed by atoms with E-state index >= 15 is 0 Å². The predicted molar refractivity (Wildman–Crippen MR) is 73.7 cm³/mol. The van der Waals surface area contributed by atoms with E-state index in [1.54, 1.807) is 31.4 Å². The smallest absolute Gasteiger partial charge is 0.342 e. The Labute approximate surface area is 118 Å². The molecule has 0 N–H and O–H groups in total. The molecule has 1 aromatic rings. The Bertz CT molecular complexity index is 404. The van der Waals surface area contributed by atoms with Crippen molar-refractivity contribution in [2.45, 2.75) is 18.4 Å². The molecule has 19 heavy (non-hydrogen) atoms. The Hall–Kier alpha value is -1.26. The normalized spacial score (nSPS) is 13.7. The van der Waals surface area contributed by atoms with E-state index in [2.05, 4.69) is 0 Å². The van der Waals surface area contributed by atoms with Crippen molar-refractivity contribution in [1.82, 2.24) is 0 Å². The van der Waals surface area contributed by atoms with Crippen molar-refractivity contribution >= 4 is 17.6 Å². The molecule has 0 fully saturated rings. The average molecular weight is 287 g/mol. The number of rotatable bonds is 7. The molecule has 5 heteroatoms. The Morgan fingerprint density at radius 1 is 1.21 bits per heavy atom. The first-order chi connectivity index (χ1) is 9.14. The first-order valence-electron chi connectivity index (χ1n) is 5.98. The van der Waals surface area contributed by atoms with Crippen LogP contribution in [0.2, 0.25) is 0 Å². The maximum absolute atomic E-state index is 12.1. The van der Waals surface area contributed by atoms with E-state index in [1.165, 1.54) is 14.2 Å². The van der Waals surface area contributed by atoms with Gasteiger partial charge in [0.2, 0.25) is 0 Å². The molecule has 0 heterocycles. The minimum Gasteiger partial charge on any atom is -0.497 e. The van der Waals surface area contributed by atoms with Gasteiger partial charge in [-0.05, 0) is 30.5 Å². The number of benzene rings is 1. The molecule has 4 nitrogen and oxygen atoms in total. The molecule has 0 spiro atoms. The second-order valence-corrected chi connectivity index (χ2v) is 4.42. The summed E-state index contributed by atoms with van der Waals surface area (Å²) in [5.41, 5.74) is -0.386. The summed E-state index contributed by atoms with van der Waals surface area (Å²) in [5, 5.41) is 0. The predicted octanol–water partition coefficient (Wildman–Crippen LogP) is 2.73. The van der Waals surface area contributed by atoms with Crippen LogP contribution in [-0.4, -0.2) is 33.2 Å². The highest BCUT2D eigenvalue weighted by molar-refractivity contribution is 6.17. The number of carbonyl (C=O) groups excluding carboxylic acids is 1. The Balaban J connectivity index is 3.15. The number of hydrogen-bond acceptors (Lipinski definition) is 4. The quantitative estimate of drug-likeness (QED) is 0.571. The number of methoxy groups -OCH3 is 3. The number of ether oxygens (including phenoxy) is 3. The SMILES string of the molecule is COC(=O)C(CCCCl)(OC)c1ccc(OC)cc1. The molecule has 0 saturated carbocycles. The van der Waals surface area contributed by atoms with E-state index in [0.717, 1.165) is 11.3 Å². The summed E-state index contributed by atoms with van der Waals surface area (Å²) >= 11 is 5.72. The Morgan fingerprint density at radius 3 is 2.26 bits per heavy atom. The van der Waals surface area contributed by atoms with E-state index in [1.807, 2.05) is 0 Å². The van der Waals surface area contributed by atoms with Crippen LogP contribution in [-0.2, 0) is 19.9 Å². The molecule has 0 aliphatic rings. The molecular weight excluding hydrogens is 268 g/mol. The van der Waals surface area contributed by atoms with Gasteiger partial charge in [-0.25, -0.2) is 4.79 Å². The van der Waals surface area contributed by atoms with Gasteiger partial charge in [0.05, 0.1) is 14.2 Å². The molecule has 0 aliphatic heterocycles. The number of esters is 1. The Kier molecular flexibility index (Phi) is 6.12. The van der Waals surface area contributed by atoms with Crippen LogP contribution in [0.5, 0.6) is 5.75 Å². The fraction of sp³-hybridized carbons (Fsp3) is 0.500. The fourth-order valence-electron chi connectivity index (χ4n) is 2.01. The van der Waals surface area contributed by atoms with Gasteiger partial charge < -0.3 is 14.2 Å². The van der Waals surface area contributed by atoms with Crippen LogP contribution in [0.4, 0.5) is 0 Å². The van der Waals surface area contributed by atoms with Gasteiger partial charge in [-0.15, -0.1) is 11.6 Å². The van der Waals surface area contributed by atoms with Crippen LogP contribution in [0.1, 0.15) is 18.4 Å². The molecule has 1 rings (SSSR count). The van der Waals surface area contributed by atoms with Gasteiger partial charge in [0.25, 0.3) is 0 Å². The van der Waals surface area contributed by atoms with Crippen molar-refractivity contribution in [3.8, 4) is 5.75 Å². The standard InChI is InChI=1S/C14H19ClO4/c1-17-12-7-5-11(6-8-12)14(19-3,9-4-10-15)13(16)18-2/h5-8H,4,9-10H2,1-3H3. The van der Waals surface area contributed by atoms with Crippen LogP contribution < -0.4 is 4.74 Å². The van der Waals surface area contributed by atoms with Crippen LogP contribution >= 0.6 is 11.6 Å². The highest BCUT2D eigenvalue weighted by Gasteiger charge is 2.41. The zero-order valence-electron chi connectivity index (χ0n) is 11.4. The monoisotopic (exact) mass is 286 g/mol. The first-order valence-corrected chi connectivity index (χ1v) is 6.52. The van der Waals surface area contributed by atoms with Crippen LogP contribution in [0.25, 0.3) is 0 Å². The largest absolute Gasteiger partial charge is 0.497 e. The molecule has 106 valence electrons. The van der Waals surface area contributed by atoms with Crippen LogP contribution in [0, 0.1) is 0 Å². The summed E-state index contributed by atoms with van der Waals surface area (Å²) < 4.78 is 15.5. The van der Waals surface area contributed by atoms with E-state index in [9.17, 15) is 4.79 Å². The zero-order chi connectivity index (χ0) is 14.3. The van der Waals surface area contributed by atoms with Crippen molar-refractivity contribution < 1.29 is 19.0 Å². The van der Waals surface area contributed by atoms with Gasteiger partial charge in [0.1, 0.15) is 5.75 Å². The van der Waals surface area contributed by atoms with Gasteiger partial charge in [0, 0.05) is 13.0 Å².